The van der Waals surface area contributed by atoms with Crippen molar-refractivity contribution in [1.29, 1.82) is 0 Å². The van der Waals surface area contributed by atoms with Crippen LogP contribution < -0.4 is 4.74 Å². The lowest BCUT2D eigenvalue weighted by Gasteiger charge is -2.06. The van der Waals surface area contributed by atoms with Crippen LogP contribution >= 0.6 is 0 Å². The highest BCUT2D eigenvalue weighted by molar-refractivity contribution is 5.88. The fourth-order valence-corrected chi connectivity index (χ4v) is 2.80. The standard InChI is InChI=1S/C19H20N4O4/c1-3-4-9-22-16-8-6-5-7-15(16)21-19(22)20-12-13-10-14(27-2)11-17(18(13)24)23(25)26/h5-8,10-12,24H,3-4,9H2,1-2H3. The zero-order valence-corrected chi connectivity index (χ0v) is 15.1. The van der Waals surface area contributed by atoms with Gasteiger partial charge >= 0.3 is 5.69 Å². The summed E-state index contributed by atoms with van der Waals surface area (Å²) < 4.78 is 7.08. The number of aromatic hydroxyl groups is 1. The average Bonchev–Trinajstić information content (AvgIpc) is 3.02. The van der Waals surface area contributed by atoms with Crippen molar-refractivity contribution in [1.82, 2.24) is 9.55 Å². The van der Waals surface area contributed by atoms with E-state index in [4.69, 9.17) is 4.74 Å². The minimum Gasteiger partial charge on any atom is -0.502 e. The molecule has 0 aliphatic rings. The lowest BCUT2D eigenvalue weighted by Crippen LogP contribution is -1.98. The first-order valence-electron chi connectivity index (χ1n) is 8.60. The van der Waals surface area contributed by atoms with Gasteiger partial charge in [0.25, 0.3) is 0 Å². The molecule has 27 heavy (non-hydrogen) atoms. The van der Waals surface area contributed by atoms with Crippen LogP contribution in [0.1, 0.15) is 25.3 Å². The van der Waals surface area contributed by atoms with E-state index >= 15 is 0 Å². The summed E-state index contributed by atoms with van der Waals surface area (Å²) in [6.45, 7) is 2.86. The summed E-state index contributed by atoms with van der Waals surface area (Å²) in [7, 11) is 1.40. The highest BCUT2D eigenvalue weighted by atomic mass is 16.6. The highest BCUT2D eigenvalue weighted by Crippen LogP contribution is 2.34. The summed E-state index contributed by atoms with van der Waals surface area (Å²) in [6, 6.07) is 10.4. The number of hydrogen-bond acceptors (Lipinski definition) is 6. The van der Waals surface area contributed by atoms with Crippen LogP contribution in [-0.2, 0) is 6.54 Å². The molecule has 0 aliphatic carbocycles. The number of rotatable bonds is 7. The summed E-state index contributed by atoms with van der Waals surface area (Å²) in [6.07, 6.45) is 3.37. The Morgan fingerprint density at radius 2 is 2.15 bits per heavy atom. The van der Waals surface area contributed by atoms with Gasteiger partial charge in [0.1, 0.15) is 5.75 Å². The van der Waals surface area contributed by atoms with Crippen molar-refractivity contribution in [3.63, 3.8) is 0 Å². The first-order chi connectivity index (χ1) is 13.0. The molecule has 1 heterocycles. The summed E-state index contributed by atoms with van der Waals surface area (Å²) in [5.41, 5.74) is 1.55. The number of aliphatic imine (C=N–C) groups is 1. The monoisotopic (exact) mass is 368 g/mol. The summed E-state index contributed by atoms with van der Waals surface area (Å²) in [4.78, 5) is 19.4. The Morgan fingerprint density at radius 1 is 1.37 bits per heavy atom. The van der Waals surface area contributed by atoms with E-state index in [1.807, 2.05) is 28.8 Å². The molecule has 140 valence electrons. The number of ether oxygens (including phenoxy) is 1. The van der Waals surface area contributed by atoms with E-state index in [-0.39, 0.29) is 11.3 Å². The number of imidazole rings is 1. The van der Waals surface area contributed by atoms with Gasteiger partial charge in [0.15, 0.2) is 0 Å². The van der Waals surface area contributed by atoms with Crippen LogP contribution in [0, 0.1) is 10.1 Å². The maximum atomic E-state index is 11.1. The first kappa shape index (κ1) is 18.4. The van der Waals surface area contributed by atoms with Crippen LogP contribution in [0.15, 0.2) is 41.4 Å². The van der Waals surface area contributed by atoms with E-state index in [2.05, 4.69) is 16.9 Å². The van der Waals surface area contributed by atoms with E-state index in [1.54, 1.807) is 0 Å². The Morgan fingerprint density at radius 3 is 2.85 bits per heavy atom. The predicted octanol–water partition coefficient (Wildman–Crippen LogP) is 4.21. The van der Waals surface area contributed by atoms with Crippen LogP contribution in [0.2, 0.25) is 0 Å². The molecule has 3 rings (SSSR count). The number of para-hydroxylation sites is 2. The number of phenolic OH excluding ortho intramolecular Hbond substituents is 1. The third kappa shape index (κ3) is 3.74. The number of nitro benzene ring substituents is 1. The lowest BCUT2D eigenvalue weighted by molar-refractivity contribution is -0.385. The molecule has 0 atom stereocenters. The molecular weight excluding hydrogens is 348 g/mol. The molecule has 0 fully saturated rings. The number of aryl methyl sites for hydroxylation is 1. The molecule has 3 aromatic rings. The molecule has 0 saturated heterocycles. The number of aromatic nitrogens is 2. The Hall–Kier alpha value is -3.42. The molecule has 8 nitrogen and oxygen atoms in total. The maximum Gasteiger partial charge on any atom is 0.315 e. The summed E-state index contributed by atoms with van der Waals surface area (Å²) in [5.74, 6) is 0.288. The number of phenols is 1. The van der Waals surface area contributed by atoms with Gasteiger partial charge in [0.2, 0.25) is 11.7 Å². The van der Waals surface area contributed by atoms with Gasteiger partial charge in [-0.1, -0.05) is 25.5 Å². The Labute approximate surface area is 155 Å². The zero-order valence-electron chi connectivity index (χ0n) is 15.1. The van der Waals surface area contributed by atoms with E-state index in [9.17, 15) is 15.2 Å². The van der Waals surface area contributed by atoms with Crippen molar-refractivity contribution in [2.75, 3.05) is 7.11 Å². The minimum absolute atomic E-state index is 0.190. The molecule has 0 saturated carbocycles. The highest BCUT2D eigenvalue weighted by Gasteiger charge is 2.19. The van der Waals surface area contributed by atoms with Crippen molar-refractivity contribution in [3.05, 3.63) is 52.1 Å². The molecule has 2 aromatic carbocycles. The number of hydrogen-bond donors (Lipinski definition) is 1. The maximum absolute atomic E-state index is 11.1. The SMILES string of the molecule is CCCCn1c(N=Cc2cc(OC)cc([N+](=O)[O-])c2O)nc2ccccc21. The quantitative estimate of drug-likeness (QED) is 0.382. The summed E-state index contributed by atoms with van der Waals surface area (Å²) >= 11 is 0. The largest absolute Gasteiger partial charge is 0.502 e. The van der Waals surface area contributed by atoms with Gasteiger partial charge in [-0.05, 0) is 24.6 Å². The molecule has 8 heteroatoms. The Balaban J connectivity index is 2.06. The van der Waals surface area contributed by atoms with Crippen molar-refractivity contribution in [3.8, 4) is 11.5 Å². The van der Waals surface area contributed by atoms with E-state index in [0.717, 1.165) is 30.4 Å². The van der Waals surface area contributed by atoms with Crippen molar-refractivity contribution in [2.24, 2.45) is 4.99 Å². The van der Waals surface area contributed by atoms with Crippen LogP contribution in [0.25, 0.3) is 11.0 Å². The van der Waals surface area contributed by atoms with E-state index in [0.29, 0.717) is 5.95 Å². The van der Waals surface area contributed by atoms with Gasteiger partial charge in [0, 0.05) is 18.3 Å². The normalized spacial score (nSPS) is 11.3. The van der Waals surface area contributed by atoms with Crippen molar-refractivity contribution >= 4 is 28.9 Å². The van der Waals surface area contributed by atoms with Crippen molar-refractivity contribution in [2.45, 2.75) is 26.3 Å². The number of nitro groups is 1. The molecule has 1 N–H and O–H groups in total. The minimum atomic E-state index is -0.661. The van der Waals surface area contributed by atoms with Gasteiger partial charge in [-0.15, -0.1) is 0 Å². The second-order valence-corrected chi connectivity index (χ2v) is 6.01. The fraction of sp³-hybridized carbons (Fsp3) is 0.263. The number of benzene rings is 2. The average molecular weight is 368 g/mol. The lowest BCUT2D eigenvalue weighted by atomic mass is 10.1. The smallest absolute Gasteiger partial charge is 0.315 e. The van der Waals surface area contributed by atoms with Gasteiger partial charge in [-0.25, -0.2) is 9.98 Å². The second kappa shape index (κ2) is 7.86. The van der Waals surface area contributed by atoms with Crippen LogP contribution in [0.5, 0.6) is 11.5 Å². The van der Waals surface area contributed by atoms with Gasteiger partial charge in [-0.3, -0.25) is 10.1 Å². The molecule has 0 aliphatic heterocycles. The van der Waals surface area contributed by atoms with Gasteiger partial charge < -0.3 is 14.4 Å². The fourth-order valence-electron chi connectivity index (χ4n) is 2.80. The number of nitrogens with zero attached hydrogens (tertiary/aromatic N) is 4. The number of fused-ring (bicyclic) bond motifs is 1. The predicted molar refractivity (Wildman–Crippen MR) is 103 cm³/mol. The topological polar surface area (TPSA) is 103 Å². The zero-order chi connectivity index (χ0) is 19.4. The van der Waals surface area contributed by atoms with Gasteiger partial charge in [0.05, 0.1) is 29.1 Å². The Bertz CT molecular complexity index is 1010. The summed E-state index contributed by atoms with van der Waals surface area (Å²) in [5, 5.41) is 21.3. The van der Waals surface area contributed by atoms with Crippen LogP contribution in [0.3, 0.4) is 0 Å². The second-order valence-electron chi connectivity index (χ2n) is 6.01. The molecule has 0 spiro atoms. The molecular formula is C19H20N4O4. The van der Waals surface area contributed by atoms with Crippen molar-refractivity contribution < 1.29 is 14.8 Å². The molecule has 0 bridgehead atoms. The van der Waals surface area contributed by atoms with Crippen LogP contribution in [-0.4, -0.2) is 32.9 Å². The van der Waals surface area contributed by atoms with Crippen LogP contribution in [0.4, 0.5) is 11.6 Å². The van der Waals surface area contributed by atoms with E-state index < -0.39 is 16.4 Å². The Kier molecular flexibility index (Phi) is 5.35. The molecule has 0 amide bonds. The molecule has 0 unspecified atom stereocenters. The number of methoxy groups -OCH3 is 1. The first-order valence-corrected chi connectivity index (χ1v) is 8.60. The third-order valence-corrected chi connectivity index (χ3v) is 4.21. The van der Waals surface area contributed by atoms with E-state index in [1.165, 1.54) is 25.5 Å². The molecule has 1 aromatic heterocycles. The van der Waals surface area contributed by atoms with Gasteiger partial charge in [-0.2, -0.15) is 0 Å². The number of unbranched alkanes of at least 4 members (excludes halogenated alkanes) is 1. The molecule has 0 radical (unpaired) electrons. The third-order valence-electron chi connectivity index (χ3n) is 4.21.